The second-order valence-corrected chi connectivity index (χ2v) is 4.56. The normalized spacial score (nSPS) is 12.7. The lowest BCUT2D eigenvalue weighted by Gasteiger charge is -2.16. The molecule has 1 atom stereocenters. The van der Waals surface area contributed by atoms with Crippen molar-refractivity contribution >= 4 is 11.6 Å². The van der Waals surface area contributed by atoms with E-state index in [1.54, 1.807) is 0 Å². The van der Waals surface area contributed by atoms with Gasteiger partial charge in [0.25, 0.3) is 0 Å². The van der Waals surface area contributed by atoms with Crippen LogP contribution in [0.15, 0.2) is 24.3 Å². The van der Waals surface area contributed by atoms with Gasteiger partial charge in [-0.2, -0.15) is 0 Å². The number of nitrogens with one attached hydrogen (secondary N) is 1. The van der Waals surface area contributed by atoms with Crippen molar-refractivity contribution in [3.8, 4) is 0 Å². The molecular weight excluding hydrogens is 220 g/mol. The number of benzene rings is 1. The van der Waals surface area contributed by atoms with E-state index in [0.717, 1.165) is 11.4 Å². The molecule has 2 nitrogen and oxygen atoms in total. The van der Waals surface area contributed by atoms with Crippen LogP contribution in [0.25, 0.3) is 0 Å². The molecule has 0 aliphatic rings. The van der Waals surface area contributed by atoms with Crippen LogP contribution in [0.5, 0.6) is 0 Å². The van der Waals surface area contributed by atoms with Gasteiger partial charge in [0.05, 0.1) is 0 Å². The maximum absolute atomic E-state index is 5.96. The van der Waals surface area contributed by atoms with Crippen molar-refractivity contribution < 1.29 is 0 Å². The van der Waals surface area contributed by atoms with Crippen LogP contribution in [-0.2, 0) is 0 Å². The van der Waals surface area contributed by atoms with Crippen molar-refractivity contribution in [3.05, 3.63) is 34.9 Å². The maximum Gasteiger partial charge on any atom is 0.0460 e. The first-order valence-corrected chi connectivity index (χ1v) is 6.37. The first-order valence-electron chi connectivity index (χ1n) is 5.99. The van der Waals surface area contributed by atoms with E-state index in [1.807, 2.05) is 18.2 Å². The van der Waals surface area contributed by atoms with Gasteiger partial charge in [-0.05, 0) is 24.1 Å². The van der Waals surface area contributed by atoms with E-state index >= 15 is 0 Å². The van der Waals surface area contributed by atoms with Crippen LogP contribution in [0, 0.1) is 0 Å². The van der Waals surface area contributed by atoms with Crippen LogP contribution in [0.2, 0.25) is 5.02 Å². The van der Waals surface area contributed by atoms with Crippen molar-refractivity contribution in [2.24, 2.45) is 5.84 Å². The molecule has 1 aromatic rings. The molecule has 0 aromatic heterocycles. The van der Waals surface area contributed by atoms with Gasteiger partial charge < -0.3 is 0 Å². The molecule has 0 bridgehead atoms. The minimum Gasteiger partial charge on any atom is -0.271 e. The van der Waals surface area contributed by atoms with Gasteiger partial charge in [-0.1, -0.05) is 56.3 Å². The Morgan fingerprint density at radius 2 is 2.12 bits per heavy atom. The smallest absolute Gasteiger partial charge is 0.0460 e. The topological polar surface area (TPSA) is 38.0 Å². The van der Waals surface area contributed by atoms with Gasteiger partial charge >= 0.3 is 0 Å². The van der Waals surface area contributed by atoms with Crippen molar-refractivity contribution in [2.45, 2.75) is 45.1 Å². The molecule has 0 saturated carbocycles. The monoisotopic (exact) mass is 240 g/mol. The number of unbranched alkanes of at least 4 members (excludes halogenated alkanes) is 3. The zero-order chi connectivity index (χ0) is 11.8. The van der Waals surface area contributed by atoms with E-state index < -0.39 is 0 Å². The fraction of sp³-hybridized carbons (Fsp3) is 0.538. The van der Waals surface area contributed by atoms with Crippen LogP contribution in [-0.4, -0.2) is 0 Å². The summed E-state index contributed by atoms with van der Waals surface area (Å²) < 4.78 is 0. The molecule has 0 aliphatic carbocycles. The SMILES string of the molecule is CCCCCCC(NN)c1cccc(Cl)c1. The Labute approximate surface area is 103 Å². The van der Waals surface area contributed by atoms with Crippen LogP contribution in [0.1, 0.15) is 50.6 Å². The molecule has 1 unspecified atom stereocenters. The first-order chi connectivity index (χ1) is 7.77. The average Bonchev–Trinajstić information content (AvgIpc) is 2.29. The first kappa shape index (κ1) is 13.5. The molecule has 0 heterocycles. The molecule has 0 fully saturated rings. The number of hydrogen-bond donors (Lipinski definition) is 2. The lowest BCUT2D eigenvalue weighted by atomic mass is 10.0. The zero-order valence-corrected chi connectivity index (χ0v) is 10.6. The summed E-state index contributed by atoms with van der Waals surface area (Å²) in [6.45, 7) is 2.22. The van der Waals surface area contributed by atoms with Crippen molar-refractivity contribution in [1.29, 1.82) is 0 Å². The molecule has 0 radical (unpaired) electrons. The Hall–Kier alpha value is -0.570. The third-order valence-electron chi connectivity index (χ3n) is 2.80. The molecule has 1 aromatic carbocycles. The molecule has 0 aliphatic heterocycles. The summed E-state index contributed by atoms with van der Waals surface area (Å²) in [6, 6.07) is 8.11. The summed E-state index contributed by atoms with van der Waals surface area (Å²) in [6.07, 6.45) is 6.10. The molecule has 3 N–H and O–H groups in total. The predicted molar refractivity (Wildman–Crippen MR) is 70.3 cm³/mol. The van der Waals surface area contributed by atoms with Gasteiger partial charge in [0, 0.05) is 11.1 Å². The molecule has 3 heteroatoms. The van der Waals surface area contributed by atoms with E-state index in [-0.39, 0.29) is 6.04 Å². The summed E-state index contributed by atoms with van der Waals surface area (Å²) >= 11 is 5.96. The van der Waals surface area contributed by atoms with Crippen LogP contribution < -0.4 is 11.3 Å². The number of halogens is 1. The van der Waals surface area contributed by atoms with Gasteiger partial charge in [-0.3, -0.25) is 11.3 Å². The summed E-state index contributed by atoms with van der Waals surface area (Å²) in [5, 5.41) is 0.770. The zero-order valence-electron chi connectivity index (χ0n) is 9.88. The maximum atomic E-state index is 5.96. The third kappa shape index (κ3) is 4.52. The number of hydrogen-bond acceptors (Lipinski definition) is 2. The standard InChI is InChI=1S/C13H21ClN2/c1-2-3-4-5-9-13(16-15)11-7-6-8-12(14)10-11/h6-8,10,13,16H,2-5,9,15H2,1H3. The molecule has 0 amide bonds. The highest BCUT2D eigenvalue weighted by Crippen LogP contribution is 2.22. The van der Waals surface area contributed by atoms with E-state index in [9.17, 15) is 0 Å². The Morgan fingerprint density at radius 1 is 1.31 bits per heavy atom. The highest BCUT2D eigenvalue weighted by Gasteiger charge is 2.08. The van der Waals surface area contributed by atoms with Gasteiger partial charge in [-0.25, -0.2) is 0 Å². The molecule has 90 valence electrons. The van der Waals surface area contributed by atoms with Crippen molar-refractivity contribution in [2.75, 3.05) is 0 Å². The second-order valence-electron chi connectivity index (χ2n) is 4.12. The Balaban J connectivity index is 2.47. The summed E-state index contributed by atoms with van der Waals surface area (Å²) in [5.74, 6) is 5.58. The van der Waals surface area contributed by atoms with Crippen LogP contribution >= 0.6 is 11.6 Å². The highest BCUT2D eigenvalue weighted by atomic mass is 35.5. The number of rotatable bonds is 7. The van der Waals surface area contributed by atoms with Crippen LogP contribution in [0.4, 0.5) is 0 Å². The predicted octanol–water partition coefficient (Wildman–Crippen LogP) is 3.81. The van der Waals surface area contributed by atoms with Gasteiger partial charge in [-0.15, -0.1) is 0 Å². The van der Waals surface area contributed by atoms with E-state index in [4.69, 9.17) is 17.4 Å². The molecule has 0 spiro atoms. The Kier molecular flexibility index (Phi) is 6.46. The largest absolute Gasteiger partial charge is 0.271 e. The third-order valence-corrected chi connectivity index (χ3v) is 3.03. The fourth-order valence-electron chi connectivity index (χ4n) is 1.84. The van der Waals surface area contributed by atoms with Crippen LogP contribution in [0.3, 0.4) is 0 Å². The highest BCUT2D eigenvalue weighted by molar-refractivity contribution is 6.30. The molecule has 1 rings (SSSR count). The molecular formula is C13H21ClN2. The van der Waals surface area contributed by atoms with Gasteiger partial charge in [0.15, 0.2) is 0 Å². The minimum atomic E-state index is 0.218. The fourth-order valence-corrected chi connectivity index (χ4v) is 2.04. The quantitative estimate of drug-likeness (QED) is 0.432. The van der Waals surface area contributed by atoms with Crippen molar-refractivity contribution in [1.82, 2.24) is 5.43 Å². The van der Waals surface area contributed by atoms with Crippen molar-refractivity contribution in [3.63, 3.8) is 0 Å². The molecule has 16 heavy (non-hydrogen) atoms. The van der Waals surface area contributed by atoms with E-state index in [2.05, 4.69) is 18.4 Å². The Bertz CT molecular complexity index is 302. The second kappa shape index (κ2) is 7.66. The number of hydrazine groups is 1. The van der Waals surface area contributed by atoms with E-state index in [1.165, 1.54) is 31.2 Å². The molecule has 0 saturated heterocycles. The van der Waals surface area contributed by atoms with E-state index in [0.29, 0.717) is 0 Å². The van der Waals surface area contributed by atoms with Gasteiger partial charge in [0.1, 0.15) is 0 Å². The minimum absolute atomic E-state index is 0.218. The summed E-state index contributed by atoms with van der Waals surface area (Å²) in [5.41, 5.74) is 4.04. The Morgan fingerprint density at radius 3 is 2.75 bits per heavy atom. The summed E-state index contributed by atoms with van der Waals surface area (Å²) in [4.78, 5) is 0. The average molecular weight is 241 g/mol. The number of nitrogens with two attached hydrogens (primary N) is 1. The lowest BCUT2D eigenvalue weighted by molar-refractivity contribution is 0.482. The lowest BCUT2D eigenvalue weighted by Crippen LogP contribution is -2.27. The van der Waals surface area contributed by atoms with Gasteiger partial charge in [0.2, 0.25) is 0 Å². The summed E-state index contributed by atoms with van der Waals surface area (Å²) in [7, 11) is 0.